The Morgan fingerprint density at radius 3 is 2.71 bits per heavy atom. The van der Waals surface area contributed by atoms with Crippen LogP contribution in [0.25, 0.3) is 6.08 Å². The molecule has 0 bridgehead atoms. The number of anilines is 1. The zero-order chi connectivity index (χ0) is 15.4. The van der Waals surface area contributed by atoms with E-state index in [2.05, 4.69) is 42.5 Å². The summed E-state index contributed by atoms with van der Waals surface area (Å²) in [5.41, 5.74) is 3.12. The lowest BCUT2D eigenvalue weighted by molar-refractivity contribution is -0.131. The highest BCUT2D eigenvalue weighted by molar-refractivity contribution is 7.10. The molecule has 21 heavy (non-hydrogen) atoms. The SMILES string of the molecule is Cc1cc(N(C)C(C)c2cccs2)ccc1C=CC(=O)O. The molecule has 1 atom stereocenters. The standard InChI is InChI=1S/C17H19NO2S/c1-12-11-15(8-6-14(12)7-9-17(19)20)18(3)13(2)16-5-4-10-21-16/h4-11,13H,1-3H3,(H,19,20). The van der Waals surface area contributed by atoms with E-state index in [0.717, 1.165) is 16.8 Å². The Balaban J connectivity index is 2.21. The summed E-state index contributed by atoms with van der Waals surface area (Å²) in [6, 6.07) is 10.6. The van der Waals surface area contributed by atoms with Gasteiger partial charge < -0.3 is 10.0 Å². The van der Waals surface area contributed by atoms with E-state index in [0.29, 0.717) is 6.04 Å². The van der Waals surface area contributed by atoms with Crippen molar-refractivity contribution >= 4 is 29.1 Å². The monoisotopic (exact) mass is 301 g/mol. The summed E-state index contributed by atoms with van der Waals surface area (Å²) < 4.78 is 0. The molecule has 0 aliphatic carbocycles. The summed E-state index contributed by atoms with van der Waals surface area (Å²) >= 11 is 1.75. The molecule has 0 amide bonds. The van der Waals surface area contributed by atoms with Crippen molar-refractivity contribution in [2.45, 2.75) is 19.9 Å². The maximum atomic E-state index is 10.6. The average molecular weight is 301 g/mol. The number of rotatable bonds is 5. The molecule has 0 saturated heterocycles. The zero-order valence-electron chi connectivity index (χ0n) is 12.4. The van der Waals surface area contributed by atoms with Crippen LogP contribution in [-0.2, 0) is 4.79 Å². The lowest BCUT2D eigenvalue weighted by Gasteiger charge is -2.27. The third-order valence-electron chi connectivity index (χ3n) is 3.60. The van der Waals surface area contributed by atoms with Gasteiger partial charge in [-0.15, -0.1) is 11.3 Å². The first-order valence-corrected chi connectivity index (χ1v) is 7.65. The van der Waals surface area contributed by atoms with E-state index in [1.54, 1.807) is 17.4 Å². The maximum absolute atomic E-state index is 10.6. The van der Waals surface area contributed by atoms with E-state index in [9.17, 15) is 4.79 Å². The molecule has 0 aliphatic rings. The highest BCUT2D eigenvalue weighted by Gasteiger charge is 2.13. The number of carbonyl (C=O) groups is 1. The number of carboxylic acid groups (broad SMARTS) is 1. The van der Waals surface area contributed by atoms with Crippen molar-refractivity contribution in [2.75, 3.05) is 11.9 Å². The topological polar surface area (TPSA) is 40.5 Å². The quantitative estimate of drug-likeness (QED) is 0.835. The Hall–Kier alpha value is -2.07. The molecule has 0 fully saturated rings. The Labute approximate surface area is 129 Å². The van der Waals surface area contributed by atoms with Crippen molar-refractivity contribution in [2.24, 2.45) is 0 Å². The molecule has 0 aliphatic heterocycles. The molecule has 1 unspecified atom stereocenters. The third-order valence-corrected chi connectivity index (χ3v) is 4.64. The number of hydrogen-bond acceptors (Lipinski definition) is 3. The fraction of sp³-hybridized carbons (Fsp3) is 0.235. The van der Waals surface area contributed by atoms with Crippen LogP contribution >= 0.6 is 11.3 Å². The Morgan fingerprint density at radius 1 is 1.38 bits per heavy atom. The maximum Gasteiger partial charge on any atom is 0.328 e. The van der Waals surface area contributed by atoms with Crippen LogP contribution in [0.1, 0.15) is 29.0 Å². The fourth-order valence-electron chi connectivity index (χ4n) is 2.17. The van der Waals surface area contributed by atoms with Crippen molar-refractivity contribution in [3.05, 3.63) is 57.8 Å². The number of aryl methyl sites for hydroxylation is 1. The molecule has 2 aromatic rings. The predicted octanol–water partition coefficient (Wildman–Crippen LogP) is 4.35. The minimum atomic E-state index is -0.929. The van der Waals surface area contributed by atoms with Crippen molar-refractivity contribution < 1.29 is 9.90 Å². The molecule has 1 heterocycles. The summed E-state index contributed by atoms with van der Waals surface area (Å²) in [4.78, 5) is 14.1. The number of hydrogen-bond donors (Lipinski definition) is 1. The third kappa shape index (κ3) is 3.73. The van der Waals surface area contributed by atoms with Gasteiger partial charge in [-0.05, 0) is 54.6 Å². The Morgan fingerprint density at radius 2 is 2.14 bits per heavy atom. The van der Waals surface area contributed by atoms with Gasteiger partial charge in [-0.3, -0.25) is 0 Å². The summed E-state index contributed by atoms with van der Waals surface area (Å²) in [6.45, 7) is 4.17. The molecule has 110 valence electrons. The van der Waals surface area contributed by atoms with E-state index >= 15 is 0 Å². The summed E-state index contributed by atoms with van der Waals surface area (Å²) in [6.07, 6.45) is 2.80. The molecule has 3 nitrogen and oxygen atoms in total. The lowest BCUT2D eigenvalue weighted by Crippen LogP contribution is -2.20. The molecule has 0 radical (unpaired) electrons. The normalized spacial score (nSPS) is 12.5. The molecule has 1 N–H and O–H groups in total. The van der Waals surface area contributed by atoms with Gasteiger partial charge in [0.25, 0.3) is 0 Å². The minimum absolute atomic E-state index is 0.310. The van der Waals surface area contributed by atoms with Gasteiger partial charge in [0.05, 0.1) is 6.04 Å². The number of benzene rings is 1. The molecule has 1 aromatic heterocycles. The van der Waals surface area contributed by atoms with E-state index < -0.39 is 5.97 Å². The first-order valence-electron chi connectivity index (χ1n) is 6.77. The smallest absolute Gasteiger partial charge is 0.328 e. The van der Waals surface area contributed by atoms with Gasteiger partial charge in [0.2, 0.25) is 0 Å². The van der Waals surface area contributed by atoms with Gasteiger partial charge >= 0.3 is 5.97 Å². The highest BCUT2D eigenvalue weighted by Crippen LogP contribution is 2.29. The van der Waals surface area contributed by atoms with Crippen LogP contribution in [0.3, 0.4) is 0 Å². The fourth-order valence-corrected chi connectivity index (χ4v) is 3.00. The second kappa shape index (κ2) is 6.59. The van der Waals surface area contributed by atoms with Crippen molar-refractivity contribution in [1.29, 1.82) is 0 Å². The molecule has 0 saturated carbocycles. The first kappa shape index (κ1) is 15.3. The van der Waals surface area contributed by atoms with Crippen LogP contribution in [0.5, 0.6) is 0 Å². The largest absolute Gasteiger partial charge is 0.478 e. The van der Waals surface area contributed by atoms with E-state index in [-0.39, 0.29) is 0 Å². The van der Waals surface area contributed by atoms with Crippen molar-refractivity contribution in [3.8, 4) is 0 Å². The Bertz CT molecular complexity index is 647. The number of carboxylic acids is 1. The van der Waals surface area contributed by atoms with E-state index in [1.807, 2.05) is 19.1 Å². The zero-order valence-corrected chi connectivity index (χ0v) is 13.2. The summed E-state index contributed by atoms with van der Waals surface area (Å²) in [7, 11) is 2.08. The highest BCUT2D eigenvalue weighted by atomic mass is 32.1. The van der Waals surface area contributed by atoms with Gasteiger partial charge in [0, 0.05) is 23.7 Å². The van der Waals surface area contributed by atoms with Crippen LogP contribution < -0.4 is 4.90 Å². The Kier molecular flexibility index (Phi) is 4.81. The lowest BCUT2D eigenvalue weighted by atomic mass is 10.1. The minimum Gasteiger partial charge on any atom is -0.478 e. The molecular formula is C17H19NO2S. The van der Waals surface area contributed by atoms with Crippen LogP contribution in [-0.4, -0.2) is 18.1 Å². The second-order valence-electron chi connectivity index (χ2n) is 5.01. The molecule has 1 aromatic carbocycles. The molecule has 2 rings (SSSR count). The van der Waals surface area contributed by atoms with Gasteiger partial charge in [-0.25, -0.2) is 4.79 Å². The first-order chi connectivity index (χ1) is 9.99. The number of aliphatic carboxylic acids is 1. The van der Waals surface area contributed by atoms with Crippen LogP contribution in [0, 0.1) is 6.92 Å². The van der Waals surface area contributed by atoms with Gasteiger partial charge in [-0.1, -0.05) is 12.1 Å². The van der Waals surface area contributed by atoms with Crippen LogP contribution in [0.15, 0.2) is 41.8 Å². The van der Waals surface area contributed by atoms with Gasteiger partial charge in [-0.2, -0.15) is 0 Å². The molecule has 4 heteroatoms. The predicted molar refractivity (Wildman–Crippen MR) is 89.0 cm³/mol. The van der Waals surface area contributed by atoms with Gasteiger partial charge in [0.1, 0.15) is 0 Å². The average Bonchev–Trinajstić information content (AvgIpc) is 2.98. The summed E-state index contributed by atoms with van der Waals surface area (Å²) in [5.74, 6) is -0.929. The molecular weight excluding hydrogens is 282 g/mol. The molecule has 0 spiro atoms. The number of thiophene rings is 1. The van der Waals surface area contributed by atoms with Crippen molar-refractivity contribution in [3.63, 3.8) is 0 Å². The van der Waals surface area contributed by atoms with Gasteiger partial charge in [0.15, 0.2) is 0 Å². The van der Waals surface area contributed by atoms with E-state index in [1.165, 1.54) is 11.0 Å². The van der Waals surface area contributed by atoms with Crippen LogP contribution in [0.4, 0.5) is 5.69 Å². The number of nitrogens with zero attached hydrogens (tertiary/aromatic N) is 1. The van der Waals surface area contributed by atoms with E-state index in [4.69, 9.17) is 5.11 Å². The van der Waals surface area contributed by atoms with Crippen molar-refractivity contribution in [1.82, 2.24) is 0 Å². The van der Waals surface area contributed by atoms with Crippen LogP contribution in [0.2, 0.25) is 0 Å². The summed E-state index contributed by atoms with van der Waals surface area (Å²) in [5, 5.41) is 10.8. The second-order valence-corrected chi connectivity index (χ2v) is 5.99.